The second kappa shape index (κ2) is 14.4. The number of aromatic nitrogens is 1. The predicted octanol–water partition coefficient (Wildman–Crippen LogP) is 4.60. The molecule has 5 rings (SSSR count). The van der Waals surface area contributed by atoms with E-state index in [1.54, 1.807) is 34.6 Å². The van der Waals surface area contributed by atoms with Crippen LogP contribution in [0.4, 0.5) is 19.3 Å². The minimum atomic E-state index is -3.49. The van der Waals surface area contributed by atoms with Crippen LogP contribution in [0.25, 0.3) is 0 Å². The first-order valence-electron chi connectivity index (χ1n) is 15.0. The van der Waals surface area contributed by atoms with Crippen molar-refractivity contribution >= 4 is 39.3 Å². The predicted molar refractivity (Wildman–Crippen MR) is 170 cm³/mol. The van der Waals surface area contributed by atoms with Crippen LogP contribution in [-0.2, 0) is 26.0 Å². The summed E-state index contributed by atoms with van der Waals surface area (Å²) >= 11 is 6.11. The number of piperazine rings is 1. The Morgan fingerprint density at radius 3 is 2.52 bits per heavy atom. The molecule has 0 bridgehead atoms. The van der Waals surface area contributed by atoms with Gasteiger partial charge in [-0.2, -0.15) is 4.31 Å². The zero-order chi connectivity index (χ0) is 33.0. The number of alkyl carbamates (subject to hydrolysis) is 1. The van der Waals surface area contributed by atoms with Crippen LogP contribution in [0.3, 0.4) is 0 Å². The van der Waals surface area contributed by atoms with Crippen molar-refractivity contribution in [1.29, 1.82) is 0 Å². The second-order valence-electron chi connectivity index (χ2n) is 11.6. The first-order valence-corrected chi connectivity index (χ1v) is 16.9. The number of anilines is 1. The van der Waals surface area contributed by atoms with Crippen molar-refractivity contribution in [1.82, 2.24) is 19.9 Å². The first-order chi connectivity index (χ1) is 22.0. The Bertz CT molecular complexity index is 1680. The Morgan fingerprint density at radius 2 is 1.85 bits per heavy atom. The van der Waals surface area contributed by atoms with Gasteiger partial charge in [0.1, 0.15) is 17.7 Å². The number of pyridine rings is 1. The number of hydrogen-bond acceptors (Lipinski definition) is 7. The summed E-state index contributed by atoms with van der Waals surface area (Å²) in [6.45, 7) is 2.77. The zero-order valence-corrected chi connectivity index (χ0v) is 27.0. The van der Waals surface area contributed by atoms with Gasteiger partial charge in [-0.3, -0.25) is 9.78 Å². The molecule has 0 radical (unpaired) electrons. The Labute approximate surface area is 271 Å². The van der Waals surface area contributed by atoms with Crippen LogP contribution < -0.4 is 16.0 Å². The third kappa shape index (κ3) is 7.65. The molecule has 1 saturated heterocycles. The molecular formula is C32H36ClF2N5O5S. The van der Waals surface area contributed by atoms with E-state index in [0.717, 1.165) is 13.3 Å². The molecule has 46 heavy (non-hydrogen) atoms. The van der Waals surface area contributed by atoms with Crippen molar-refractivity contribution in [2.75, 3.05) is 25.5 Å². The van der Waals surface area contributed by atoms with Gasteiger partial charge in [0.15, 0.2) is 0 Å². The number of amides is 2. The molecule has 2 fully saturated rings. The van der Waals surface area contributed by atoms with Crippen LogP contribution >= 0.6 is 11.6 Å². The van der Waals surface area contributed by atoms with Gasteiger partial charge in [0, 0.05) is 41.7 Å². The van der Waals surface area contributed by atoms with Crippen molar-refractivity contribution in [3.63, 3.8) is 0 Å². The topological polar surface area (TPSA) is 130 Å². The molecular weight excluding hydrogens is 640 g/mol. The van der Waals surface area contributed by atoms with Crippen LogP contribution in [0.15, 0.2) is 60.9 Å². The minimum absolute atomic E-state index is 0.0594. The van der Waals surface area contributed by atoms with Crippen LogP contribution in [0.2, 0.25) is 5.02 Å². The summed E-state index contributed by atoms with van der Waals surface area (Å²) in [4.78, 5) is 30.5. The first kappa shape index (κ1) is 33.7. The lowest BCUT2D eigenvalue weighted by molar-refractivity contribution is -0.118. The Morgan fingerprint density at radius 1 is 1.11 bits per heavy atom. The largest absolute Gasteiger partial charge is 0.453 e. The maximum Gasteiger partial charge on any atom is 0.407 e. The number of halogens is 3. The molecule has 10 nitrogen and oxygen atoms in total. The van der Waals surface area contributed by atoms with E-state index < -0.39 is 51.7 Å². The van der Waals surface area contributed by atoms with E-state index >= 15 is 4.39 Å². The fourth-order valence-corrected chi connectivity index (χ4v) is 8.38. The van der Waals surface area contributed by atoms with Gasteiger partial charge in [0.25, 0.3) is 0 Å². The minimum Gasteiger partial charge on any atom is -0.453 e. The lowest BCUT2D eigenvalue weighted by Gasteiger charge is -2.40. The summed E-state index contributed by atoms with van der Waals surface area (Å²) in [5.41, 5.74) is 1.12. The van der Waals surface area contributed by atoms with E-state index in [2.05, 4.69) is 20.9 Å². The number of methoxy groups -OCH3 is 1. The fourth-order valence-electron chi connectivity index (χ4n) is 6.00. The summed E-state index contributed by atoms with van der Waals surface area (Å²) in [5, 5.41) is 8.59. The van der Waals surface area contributed by atoms with Crippen molar-refractivity contribution in [3.05, 3.63) is 94.3 Å². The van der Waals surface area contributed by atoms with Crippen LogP contribution in [0.1, 0.15) is 48.8 Å². The summed E-state index contributed by atoms with van der Waals surface area (Å²) in [6.07, 6.45) is 3.06. The number of carbonyl (C=O) groups excluding carboxylic acids is 2. The number of nitrogens with one attached hydrogen (secondary N) is 3. The monoisotopic (exact) mass is 675 g/mol. The number of benzene rings is 2. The van der Waals surface area contributed by atoms with Crippen LogP contribution in [0, 0.1) is 11.6 Å². The molecule has 3 aromatic rings. The van der Waals surface area contributed by atoms with Gasteiger partial charge < -0.3 is 20.7 Å². The van der Waals surface area contributed by atoms with Gasteiger partial charge in [-0.15, -0.1) is 0 Å². The van der Waals surface area contributed by atoms with Gasteiger partial charge >= 0.3 is 6.09 Å². The summed E-state index contributed by atoms with van der Waals surface area (Å²) in [5.74, 6) is -2.88. The smallest absolute Gasteiger partial charge is 0.407 e. The quantitative estimate of drug-likeness (QED) is 0.271. The molecule has 2 amide bonds. The summed E-state index contributed by atoms with van der Waals surface area (Å²) in [6, 6.07) is 10.1. The normalized spacial score (nSPS) is 20.0. The van der Waals surface area contributed by atoms with Gasteiger partial charge in [0.2, 0.25) is 15.9 Å². The third-order valence-electron chi connectivity index (χ3n) is 8.36. The molecule has 246 valence electrons. The molecule has 2 aromatic carbocycles. The molecule has 0 spiro atoms. The van der Waals surface area contributed by atoms with Crippen LogP contribution in [-0.4, -0.2) is 73.3 Å². The molecule has 1 aliphatic carbocycles. The molecule has 2 heterocycles. The van der Waals surface area contributed by atoms with E-state index in [4.69, 9.17) is 16.3 Å². The Hall–Kier alpha value is -3.65. The lowest BCUT2D eigenvalue weighted by atomic mass is 9.84. The van der Waals surface area contributed by atoms with E-state index in [9.17, 15) is 22.4 Å². The van der Waals surface area contributed by atoms with Crippen molar-refractivity contribution < 1.29 is 31.5 Å². The van der Waals surface area contributed by atoms with E-state index in [1.807, 2.05) is 6.92 Å². The van der Waals surface area contributed by atoms with Gasteiger partial charge in [0.05, 0.1) is 30.4 Å². The highest BCUT2D eigenvalue weighted by molar-refractivity contribution is 7.90. The average Bonchev–Trinajstić information content (AvgIpc) is 3.88. The SMILES string of the molecule is COC(=O)N[C@H](C(=O)Nc1cncc(F)c1CC[C@H]1CNC[C@H](C)N1S(=O)(=O)C1CC1)[C@@H](c1ccc(Cl)cc1)c1cccc(F)c1. The molecule has 1 saturated carbocycles. The maximum atomic E-state index is 15.3. The molecule has 4 atom stereocenters. The average molecular weight is 676 g/mol. The zero-order valence-electron chi connectivity index (χ0n) is 25.4. The molecule has 0 unspecified atom stereocenters. The van der Waals surface area contributed by atoms with Crippen molar-refractivity contribution in [3.8, 4) is 0 Å². The number of ether oxygens (including phenoxy) is 1. The van der Waals surface area contributed by atoms with Gasteiger partial charge in [-0.1, -0.05) is 35.9 Å². The third-order valence-corrected chi connectivity index (χ3v) is 11.2. The van der Waals surface area contributed by atoms with E-state index in [-0.39, 0.29) is 35.4 Å². The number of carbonyl (C=O) groups is 2. The van der Waals surface area contributed by atoms with E-state index in [0.29, 0.717) is 42.1 Å². The Kier molecular flexibility index (Phi) is 10.6. The van der Waals surface area contributed by atoms with Crippen molar-refractivity contribution in [2.24, 2.45) is 0 Å². The molecule has 1 aromatic heterocycles. The highest BCUT2D eigenvalue weighted by Crippen LogP contribution is 2.35. The fraction of sp³-hybridized carbons (Fsp3) is 0.406. The standard InChI is InChI=1S/C32H36ClF2N5O5S/c1-19-15-36-16-24(40(19)46(43,44)25-11-12-25)10-13-26-27(35)17-37-18-28(26)38-31(41)30(39-32(42)45-2)29(20-6-8-22(33)9-7-20)21-4-3-5-23(34)14-21/h3-9,14,17-19,24-25,29-30,36H,10-13,15-16H2,1-2H3,(H,38,41)(H,39,42)/t19-,24-,29-,30-/m0/s1. The van der Waals surface area contributed by atoms with Gasteiger partial charge in [-0.25, -0.2) is 22.0 Å². The highest BCUT2D eigenvalue weighted by atomic mass is 35.5. The molecule has 2 aliphatic rings. The van der Waals surface area contributed by atoms with Crippen LogP contribution in [0.5, 0.6) is 0 Å². The number of nitrogens with zero attached hydrogens (tertiary/aromatic N) is 2. The maximum absolute atomic E-state index is 15.3. The van der Waals surface area contributed by atoms with Gasteiger partial charge in [-0.05, 0) is 68.0 Å². The number of rotatable bonds is 11. The second-order valence-corrected chi connectivity index (χ2v) is 14.2. The van der Waals surface area contributed by atoms with E-state index in [1.165, 1.54) is 24.4 Å². The van der Waals surface area contributed by atoms with Crippen molar-refractivity contribution in [2.45, 2.75) is 61.9 Å². The molecule has 1 aliphatic heterocycles. The lowest BCUT2D eigenvalue weighted by Crippen LogP contribution is -2.59. The Balaban J connectivity index is 1.45. The molecule has 3 N–H and O–H groups in total. The summed E-state index contributed by atoms with van der Waals surface area (Å²) in [7, 11) is -2.35. The number of sulfonamides is 1. The molecule has 14 heteroatoms. The summed E-state index contributed by atoms with van der Waals surface area (Å²) < 4.78 is 62.7. The number of hydrogen-bond donors (Lipinski definition) is 3. The highest BCUT2D eigenvalue weighted by Gasteiger charge is 2.45.